The lowest BCUT2D eigenvalue weighted by molar-refractivity contribution is 0.421. The lowest BCUT2D eigenvalue weighted by atomic mass is 10.3. The highest BCUT2D eigenvalue weighted by Gasteiger charge is 1.92. The molecule has 0 amide bonds. The summed E-state index contributed by atoms with van der Waals surface area (Å²) in [6.07, 6.45) is 2.63. The van der Waals surface area contributed by atoms with Crippen molar-refractivity contribution in [2.24, 2.45) is 0 Å². The second-order valence-electron chi connectivity index (χ2n) is 1.80. The topological polar surface area (TPSA) is 26.0 Å². The zero-order valence-corrected chi connectivity index (χ0v) is 4.66. The van der Waals surface area contributed by atoms with Crippen molar-refractivity contribution >= 4 is 10.9 Å². The molecule has 1 heterocycles. The van der Waals surface area contributed by atoms with Crippen molar-refractivity contribution in [1.29, 1.82) is 0 Å². The van der Waals surface area contributed by atoms with Gasteiger partial charge in [0.1, 0.15) is 5.52 Å². The van der Waals surface area contributed by atoms with Crippen LogP contribution < -0.4 is 0 Å². The van der Waals surface area contributed by atoms with Gasteiger partial charge in [-0.3, -0.25) is 0 Å². The Morgan fingerprint density at radius 3 is 3.11 bits per heavy atom. The third-order valence-electron chi connectivity index (χ3n) is 1.20. The highest BCUT2D eigenvalue weighted by Crippen LogP contribution is 2.08. The number of benzene rings is 1. The molecule has 2 aromatic rings. The van der Waals surface area contributed by atoms with Crippen LogP contribution in [0.25, 0.3) is 10.9 Å². The molecule has 43 valence electrons. The van der Waals surface area contributed by atoms with Gasteiger partial charge in [-0.2, -0.15) is 0 Å². The van der Waals surface area contributed by atoms with Crippen molar-refractivity contribution in [3.63, 3.8) is 0 Å². The van der Waals surface area contributed by atoms with E-state index in [0.29, 0.717) is 0 Å². The van der Waals surface area contributed by atoms with Gasteiger partial charge in [0.05, 0.1) is 5.39 Å². The predicted molar refractivity (Wildman–Crippen MR) is 32.8 cm³/mol. The van der Waals surface area contributed by atoms with E-state index in [-0.39, 0.29) is 0 Å². The first kappa shape index (κ1) is 4.56. The molecule has 0 spiro atoms. The summed E-state index contributed by atoms with van der Waals surface area (Å²) in [6, 6.07) is 7.63. The molecule has 0 aliphatic rings. The fraction of sp³-hybridized carbons (Fsp3) is 0. The molecule has 0 saturated carbocycles. The second-order valence-corrected chi connectivity index (χ2v) is 1.80. The van der Waals surface area contributed by atoms with Gasteiger partial charge < -0.3 is 4.52 Å². The fourth-order valence-electron chi connectivity index (χ4n) is 0.761. The van der Waals surface area contributed by atoms with E-state index in [0.717, 1.165) is 10.9 Å². The summed E-state index contributed by atoms with van der Waals surface area (Å²) in [7, 11) is 0. The molecule has 0 aliphatic carbocycles. The van der Waals surface area contributed by atoms with Crippen LogP contribution in [0.5, 0.6) is 0 Å². The van der Waals surface area contributed by atoms with E-state index in [1.807, 2.05) is 24.3 Å². The number of hydrogen-bond donors (Lipinski definition) is 0. The molecule has 2 rings (SSSR count). The van der Waals surface area contributed by atoms with Crippen LogP contribution in [-0.2, 0) is 0 Å². The zero-order chi connectivity index (χ0) is 6.10. The van der Waals surface area contributed by atoms with Crippen LogP contribution >= 0.6 is 0 Å². The van der Waals surface area contributed by atoms with Crippen molar-refractivity contribution in [2.75, 3.05) is 0 Å². The largest absolute Gasteiger partial charge is 0.352 e. The molecule has 0 N–H and O–H groups in total. The Balaban J connectivity index is 2.95. The van der Waals surface area contributed by atoms with E-state index in [4.69, 9.17) is 0 Å². The lowest BCUT2D eigenvalue weighted by Crippen LogP contribution is -1.61. The summed E-state index contributed by atoms with van der Waals surface area (Å²) in [5, 5.41) is 4.62. The molecule has 0 saturated heterocycles. The summed E-state index contributed by atoms with van der Waals surface area (Å²) < 4.78 is 4.59. The standard InChI is InChI=1S/C7H4NO/c1-2-4-7-6(3-1)5-9-8-7/h1-4H. The smallest absolute Gasteiger partial charge is 0.213 e. The SMILES string of the molecule is [c]1onc2ccccc12. The van der Waals surface area contributed by atoms with Crippen LogP contribution in [0.2, 0.25) is 0 Å². The Kier molecular flexibility index (Phi) is 0.803. The Bertz CT molecular complexity index is 283. The number of aromatic nitrogens is 1. The van der Waals surface area contributed by atoms with Crippen LogP contribution in [0, 0.1) is 6.26 Å². The molecule has 2 nitrogen and oxygen atoms in total. The predicted octanol–water partition coefficient (Wildman–Crippen LogP) is 1.63. The van der Waals surface area contributed by atoms with Gasteiger partial charge in [0, 0.05) is 0 Å². The third-order valence-corrected chi connectivity index (χ3v) is 1.20. The van der Waals surface area contributed by atoms with Crippen molar-refractivity contribution < 1.29 is 4.52 Å². The fourth-order valence-corrected chi connectivity index (χ4v) is 0.761. The molecule has 2 heteroatoms. The summed E-state index contributed by atoms with van der Waals surface area (Å²) in [4.78, 5) is 0. The molecule has 1 aromatic carbocycles. The third kappa shape index (κ3) is 0.598. The molecule has 1 radical (unpaired) electrons. The van der Waals surface area contributed by atoms with Gasteiger partial charge in [0.25, 0.3) is 0 Å². The highest BCUT2D eigenvalue weighted by atomic mass is 16.5. The Morgan fingerprint density at radius 1 is 1.33 bits per heavy atom. The first-order valence-corrected chi connectivity index (χ1v) is 2.69. The molecule has 0 fully saturated rings. The van der Waals surface area contributed by atoms with Gasteiger partial charge in [-0.15, -0.1) is 0 Å². The Hall–Kier alpha value is -1.31. The van der Waals surface area contributed by atoms with Crippen molar-refractivity contribution in [3.8, 4) is 0 Å². The quantitative estimate of drug-likeness (QED) is 0.525. The summed E-state index contributed by atoms with van der Waals surface area (Å²) in [5.74, 6) is 0. The summed E-state index contributed by atoms with van der Waals surface area (Å²) in [6.45, 7) is 0. The molecule has 9 heavy (non-hydrogen) atoms. The number of hydrogen-bond acceptors (Lipinski definition) is 2. The van der Waals surface area contributed by atoms with Gasteiger partial charge in [-0.25, -0.2) is 0 Å². The zero-order valence-electron chi connectivity index (χ0n) is 4.66. The maximum absolute atomic E-state index is 4.59. The van der Waals surface area contributed by atoms with Gasteiger partial charge in [-0.1, -0.05) is 17.3 Å². The van der Waals surface area contributed by atoms with Gasteiger partial charge in [0.15, 0.2) is 0 Å². The van der Waals surface area contributed by atoms with Crippen molar-refractivity contribution in [2.45, 2.75) is 0 Å². The van der Waals surface area contributed by atoms with Crippen LogP contribution in [0.3, 0.4) is 0 Å². The van der Waals surface area contributed by atoms with Gasteiger partial charge >= 0.3 is 0 Å². The number of rotatable bonds is 0. The molecule has 0 aliphatic heterocycles. The number of fused-ring (bicyclic) bond motifs is 1. The van der Waals surface area contributed by atoms with E-state index >= 15 is 0 Å². The minimum absolute atomic E-state index is 0.859. The first-order valence-electron chi connectivity index (χ1n) is 2.69. The minimum Gasteiger partial charge on any atom is -0.352 e. The number of nitrogens with zero attached hydrogens (tertiary/aromatic N) is 1. The molecule has 0 atom stereocenters. The highest BCUT2D eigenvalue weighted by molar-refractivity contribution is 5.75. The van der Waals surface area contributed by atoms with Gasteiger partial charge in [0.2, 0.25) is 6.26 Å². The molecular weight excluding hydrogens is 114 g/mol. The molecular formula is C7H4NO. The first-order chi connectivity index (χ1) is 4.47. The average molecular weight is 118 g/mol. The second kappa shape index (κ2) is 1.58. The average Bonchev–Trinajstić information content (AvgIpc) is 2.33. The maximum atomic E-state index is 4.59. The minimum atomic E-state index is 0.859. The van der Waals surface area contributed by atoms with E-state index < -0.39 is 0 Å². The van der Waals surface area contributed by atoms with E-state index in [1.54, 1.807) is 0 Å². The van der Waals surface area contributed by atoms with Crippen LogP contribution in [0.1, 0.15) is 0 Å². The van der Waals surface area contributed by atoms with Crippen LogP contribution in [0.4, 0.5) is 0 Å². The van der Waals surface area contributed by atoms with Crippen LogP contribution in [-0.4, -0.2) is 5.16 Å². The van der Waals surface area contributed by atoms with E-state index in [1.165, 1.54) is 0 Å². The molecule has 0 bridgehead atoms. The Morgan fingerprint density at radius 2 is 2.22 bits per heavy atom. The molecule has 1 aromatic heterocycles. The normalized spacial score (nSPS) is 10.2. The van der Waals surface area contributed by atoms with Crippen molar-refractivity contribution in [3.05, 3.63) is 30.5 Å². The monoisotopic (exact) mass is 118 g/mol. The van der Waals surface area contributed by atoms with Gasteiger partial charge in [-0.05, 0) is 12.1 Å². The summed E-state index contributed by atoms with van der Waals surface area (Å²) in [5.41, 5.74) is 0.859. The Labute approximate surface area is 52.1 Å². The van der Waals surface area contributed by atoms with E-state index in [2.05, 4.69) is 15.9 Å². The maximum Gasteiger partial charge on any atom is 0.213 e. The molecule has 0 unspecified atom stereocenters. The van der Waals surface area contributed by atoms with Crippen molar-refractivity contribution in [1.82, 2.24) is 5.16 Å². The summed E-state index contributed by atoms with van der Waals surface area (Å²) >= 11 is 0. The lowest BCUT2D eigenvalue weighted by Gasteiger charge is -1.77. The van der Waals surface area contributed by atoms with Crippen LogP contribution in [0.15, 0.2) is 28.8 Å². The van der Waals surface area contributed by atoms with E-state index in [9.17, 15) is 0 Å².